The van der Waals surface area contributed by atoms with Gasteiger partial charge in [0.05, 0.1) is 11.7 Å². The summed E-state index contributed by atoms with van der Waals surface area (Å²) in [6, 6.07) is 0.148. The molecule has 14 heavy (non-hydrogen) atoms. The van der Waals surface area contributed by atoms with Crippen LogP contribution in [0.4, 0.5) is 0 Å². The third-order valence-electron chi connectivity index (χ3n) is 2.35. The Kier molecular flexibility index (Phi) is 5.00. The molecule has 2 atom stereocenters. The molecule has 2 unspecified atom stereocenters. The maximum Gasteiger partial charge on any atom is 0.0938 e. The van der Waals surface area contributed by atoms with Crippen LogP contribution in [-0.2, 0) is 0 Å². The molecule has 1 heterocycles. The van der Waals surface area contributed by atoms with Gasteiger partial charge in [-0.3, -0.25) is 11.3 Å². The van der Waals surface area contributed by atoms with Crippen molar-refractivity contribution in [2.45, 2.75) is 39.2 Å². The zero-order valence-corrected chi connectivity index (χ0v) is 9.55. The molecule has 0 fully saturated rings. The molecule has 5 heteroatoms. The summed E-state index contributed by atoms with van der Waals surface area (Å²) in [6.07, 6.45) is 3.47. The molecule has 1 aromatic heterocycles. The quantitative estimate of drug-likeness (QED) is 0.560. The Morgan fingerprint density at radius 1 is 1.64 bits per heavy atom. The van der Waals surface area contributed by atoms with Gasteiger partial charge >= 0.3 is 0 Å². The van der Waals surface area contributed by atoms with Crippen LogP contribution in [0.1, 0.15) is 44.8 Å². The molecule has 0 aliphatic carbocycles. The van der Waals surface area contributed by atoms with Crippen molar-refractivity contribution in [2.75, 3.05) is 0 Å². The van der Waals surface area contributed by atoms with Crippen LogP contribution in [0.3, 0.4) is 0 Å². The Bertz CT molecular complexity index is 237. The van der Waals surface area contributed by atoms with Gasteiger partial charge in [-0.05, 0) is 23.9 Å². The topological polar surface area (TPSA) is 63.8 Å². The predicted octanol–water partition coefficient (Wildman–Crippen LogP) is 1.87. The fourth-order valence-corrected chi connectivity index (χ4v) is 2.12. The Hall–Kier alpha value is -0.520. The monoisotopic (exact) mass is 214 g/mol. The second kappa shape index (κ2) is 6.06. The van der Waals surface area contributed by atoms with E-state index in [0.717, 1.165) is 12.1 Å². The van der Waals surface area contributed by atoms with E-state index in [1.165, 1.54) is 24.4 Å². The van der Waals surface area contributed by atoms with Gasteiger partial charge in [-0.1, -0.05) is 31.2 Å². The first kappa shape index (κ1) is 11.6. The largest absolute Gasteiger partial charge is 0.271 e. The van der Waals surface area contributed by atoms with E-state index in [0.29, 0.717) is 5.92 Å². The lowest BCUT2D eigenvalue weighted by atomic mass is 9.96. The van der Waals surface area contributed by atoms with Crippen LogP contribution < -0.4 is 11.3 Å². The van der Waals surface area contributed by atoms with Crippen LogP contribution in [0.2, 0.25) is 0 Å². The summed E-state index contributed by atoms with van der Waals surface area (Å²) >= 11 is 1.37. The molecular formula is C9H18N4S. The third kappa shape index (κ3) is 3.32. The number of hydrazine groups is 1. The number of rotatable bonds is 6. The number of nitrogens with two attached hydrogens (primary N) is 1. The predicted molar refractivity (Wildman–Crippen MR) is 58.7 cm³/mol. The molecule has 0 saturated heterocycles. The highest BCUT2D eigenvalue weighted by molar-refractivity contribution is 7.03. The minimum atomic E-state index is 0.148. The van der Waals surface area contributed by atoms with E-state index in [9.17, 15) is 0 Å². The standard InChI is InChI=1S/C9H18N4S/c1-3-4-7(2)5-8(11-10)9-6-14-13-12-9/h6-8,11H,3-5,10H2,1-2H3. The van der Waals surface area contributed by atoms with E-state index in [2.05, 4.69) is 28.9 Å². The normalized spacial score (nSPS) is 15.4. The lowest BCUT2D eigenvalue weighted by Crippen LogP contribution is -2.29. The molecule has 0 saturated carbocycles. The zero-order chi connectivity index (χ0) is 10.4. The average molecular weight is 214 g/mol. The van der Waals surface area contributed by atoms with E-state index in [-0.39, 0.29) is 6.04 Å². The van der Waals surface area contributed by atoms with E-state index < -0.39 is 0 Å². The summed E-state index contributed by atoms with van der Waals surface area (Å²) in [4.78, 5) is 0. The second-order valence-corrected chi connectivity index (χ2v) is 4.29. The molecule has 0 radical (unpaired) electrons. The third-order valence-corrected chi connectivity index (χ3v) is 2.88. The highest BCUT2D eigenvalue weighted by atomic mass is 32.1. The van der Waals surface area contributed by atoms with Crippen molar-refractivity contribution in [3.63, 3.8) is 0 Å². The van der Waals surface area contributed by atoms with Gasteiger partial charge in [0.1, 0.15) is 0 Å². The molecule has 3 N–H and O–H groups in total. The first-order chi connectivity index (χ1) is 6.77. The molecule has 80 valence electrons. The molecule has 1 rings (SSSR count). The van der Waals surface area contributed by atoms with Gasteiger partial charge < -0.3 is 0 Å². The van der Waals surface area contributed by atoms with Crippen molar-refractivity contribution in [3.8, 4) is 0 Å². The number of hydrogen-bond donors (Lipinski definition) is 2. The number of nitrogens with zero attached hydrogens (tertiary/aromatic N) is 2. The Labute approximate surface area is 89.0 Å². The SMILES string of the molecule is CCCC(C)CC(NN)c1csnn1. The van der Waals surface area contributed by atoms with Gasteiger partial charge in [-0.2, -0.15) is 0 Å². The Balaban J connectivity index is 2.47. The van der Waals surface area contributed by atoms with Crippen LogP contribution in [0, 0.1) is 5.92 Å². The number of aromatic nitrogens is 2. The lowest BCUT2D eigenvalue weighted by Gasteiger charge is -2.17. The minimum absolute atomic E-state index is 0.148. The van der Waals surface area contributed by atoms with Crippen molar-refractivity contribution in [1.82, 2.24) is 15.0 Å². The van der Waals surface area contributed by atoms with E-state index in [1.807, 2.05) is 5.38 Å². The smallest absolute Gasteiger partial charge is 0.0938 e. The molecule has 0 aromatic carbocycles. The summed E-state index contributed by atoms with van der Waals surface area (Å²) in [5.74, 6) is 6.16. The van der Waals surface area contributed by atoms with Crippen LogP contribution >= 0.6 is 11.5 Å². The molecule has 0 bridgehead atoms. The summed E-state index contributed by atoms with van der Waals surface area (Å²) in [5.41, 5.74) is 3.76. The summed E-state index contributed by atoms with van der Waals surface area (Å²) < 4.78 is 3.84. The summed E-state index contributed by atoms with van der Waals surface area (Å²) in [7, 11) is 0. The van der Waals surface area contributed by atoms with Gasteiger partial charge in [0.15, 0.2) is 0 Å². The summed E-state index contributed by atoms with van der Waals surface area (Å²) in [5, 5.41) is 5.97. The van der Waals surface area contributed by atoms with E-state index in [4.69, 9.17) is 5.84 Å². The number of hydrogen-bond acceptors (Lipinski definition) is 5. The molecule has 0 aliphatic rings. The highest BCUT2D eigenvalue weighted by Crippen LogP contribution is 2.22. The van der Waals surface area contributed by atoms with E-state index in [1.54, 1.807) is 0 Å². The van der Waals surface area contributed by atoms with Gasteiger partial charge in [0.25, 0.3) is 0 Å². The van der Waals surface area contributed by atoms with Crippen LogP contribution in [0.15, 0.2) is 5.38 Å². The van der Waals surface area contributed by atoms with Gasteiger partial charge in [-0.25, -0.2) is 0 Å². The van der Waals surface area contributed by atoms with Crippen molar-refractivity contribution in [1.29, 1.82) is 0 Å². The highest BCUT2D eigenvalue weighted by Gasteiger charge is 2.15. The van der Waals surface area contributed by atoms with E-state index >= 15 is 0 Å². The Morgan fingerprint density at radius 3 is 2.93 bits per heavy atom. The average Bonchev–Trinajstić information content (AvgIpc) is 2.67. The first-order valence-corrected chi connectivity index (χ1v) is 5.84. The van der Waals surface area contributed by atoms with Crippen molar-refractivity contribution in [2.24, 2.45) is 11.8 Å². The first-order valence-electron chi connectivity index (χ1n) is 5.01. The van der Waals surface area contributed by atoms with Gasteiger partial charge in [0, 0.05) is 5.38 Å². The molecule has 4 nitrogen and oxygen atoms in total. The molecule has 0 amide bonds. The van der Waals surface area contributed by atoms with Crippen molar-refractivity contribution in [3.05, 3.63) is 11.1 Å². The molecule has 0 spiro atoms. The minimum Gasteiger partial charge on any atom is -0.271 e. The van der Waals surface area contributed by atoms with Crippen LogP contribution in [0.25, 0.3) is 0 Å². The van der Waals surface area contributed by atoms with Crippen molar-refractivity contribution >= 4 is 11.5 Å². The van der Waals surface area contributed by atoms with Gasteiger partial charge in [-0.15, -0.1) is 5.10 Å². The zero-order valence-electron chi connectivity index (χ0n) is 8.73. The lowest BCUT2D eigenvalue weighted by molar-refractivity contribution is 0.389. The Morgan fingerprint density at radius 2 is 2.43 bits per heavy atom. The molecule has 1 aromatic rings. The van der Waals surface area contributed by atoms with Crippen LogP contribution in [-0.4, -0.2) is 9.59 Å². The maximum atomic E-state index is 5.50. The fraction of sp³-hybridized carbons (Fsp3) is 0.778. The van der Waals surface area contributed by atoms with Gasteiger partial charge in [0.2, 0.25) is 0 Å². The van der Waals surface area contributed by atoms with Crippen LogP contribution in [0.5, 0.6) is 0 Å². The second-order valence-electron chi connectivity index (χ2n) is 3.68. The number of nitrogens with one attached hydrogen (secondary N) is 1. The maximum absolute atomic E-state index is 5.50. The van der Waals surface area contributed by atoms with Crippen molar-refractivity contribution < 1.29 is 0 Å². The molecular weight excluding hydrogens is 196 g/mol. The fourth-order valence-electron chi connectivity index (χ4n) is 1.61. The summed E-state index contributed by atoms with van der Waals surface area (Å²) in [6.45, 7) is 4.44. The molecule has 0 aliphatic heterocycles.